The molecule has 0 spiro atoms. The Morgan fingerprint density at radius 1 is 1.30 bits per heavy atom. The quantitative estimate of drug-likeness (QED) is 0.572. The average molecular weight is 311 g/mol. The Kier molecular flexibility index (Phi) is 5.15. The van der Waals surface area contributed by atoms with Gasteiger partial charge in [0.05, 0.1) is 11.8 Å². The molecule has 0 aliphatic carbocycles. The molecule has 3 N–H and O–H groups in total. The van der Waals surface area contributed by atoms with E-state index in [0.29, 0.717) is 16.9 Å². The lowest BCUT2D eigenvalue weighted by molar-refractivity contribution is -0.123. The molecule has 2 aromatic carbocycles. The number of ether oxygens (including phenoxy) is 1. The minimum Gasteiger partial charge on any atom is -0.508 e. The van der Waals surface area contributed by atoms with E-state index < -0.39 is 5.91 Å². The van der Waals surface area contributed by atoms with Crippen LogP contribution in [0.4, 0.5) is 0 Å². The van der Waals surface area contributed by atoms with Gasteiger partial charge in [-0.15, -0.1) is 0 Å². The maximum absolute atomic E-state index is 11.6. The van der Waals surface area contributed by atoms with Crippen LogP contribution in [0.5, 0.6) is 17.2 Å². The monoisotopic (exact) mass is 311 g/mol. The minimum atomic E-state index is -0.521. The molecule has 7 nitrogen and oxygen atoms in total. The molecule has 1 amide bonds. The maximum atomic E-state index is 11.6. The second-order valence-electron chi connectivity index (χ2n) is 4.43. The van der Waals surface area contributed by atoms with Crippen LogP contribution in [0.15, 0.2) is 47.6 Å². The molecule has 2 aromatic rings. The molecule has 0 atom stereocenters. The maximum Gasteiger partial charge on any atom is 0.277 e. The molecular formula is C16H13N3O4. The zero-order chi connectivity index (χ0) is 16.7. The molecule has 2 rings (SSSR count). The van der Waals surface area contributed by atoms with Crippen molar-refractivity contribution in [2.45, 2.75) is 0 Å². The summed E-state index contributed by atoms with van der Waals surface area (Å²) >= 11 is 0. The predicted molar refractivity (Wildman–Crippen MR) is 82.2 cm³/mol. The zero-order valence-electron chi connectivity index (χ0n) is 11.9. The molecule has 116 valence electrons. The topological polar surface area (TPSA) is 115 Å². The van der Waals surface area contributed by atoms with Gasteiger partial charge in [0, 0.05) is 11.6 Å². The highest BCUT2D eigenvalue weighted by atomic mass is 16.5. The number of benzene rings is 2. The Morgan fingerprint density at radius 3 is 2.83 bits per heavy atom. The number of amides is 1. The first-order valence-corrected chi connectivity index (χ1v) is 6.56. The highest BCUT2D eigenvalue weighted by Crippen LogP contribution is 2.20. The summed E-state index contributed by atoms with van der Waals surface area (Å²) in [5, 5.41) is 31.3. The lowest BCUT2D eigenvalue weighted by Crippen LogP contribution is -2.24. The summed E-state index contributed by atoms with van der Waals surface area (Å²) in [6.07, 6.45) is 1.23. The summed E-state index contributed by atoms with van der Waals surface area (Å²) in [4.78, 5) is 11.6. The van der Waals surface area contributed by atoms with E-state index in [9.17, 15) is 9.90 Å². The fraction of sp³-hybridized carbons (Fsp3) is 0.0625. The minimum absolute atomic E-state index is 0.0757. The van der Waals surface area contributed by atoms with Crippen molar-refractivity contribution in [2.24, 2.45) is 5.10 Å². The molecule has 0 bridgehead atoms. The zero-order valence-corrected chi connectivity index (χ0v) is 11.9. The number of hydrazone groups is 1. The standard InChI is InChI=1S/C16H13N3O4/c17-8-11-3-1-2-4-15(11)23-10-16(22)19-18-9-12-5-6-13(20)7-14(12)21/h1-7,9,20-21H,10H2,(H,19,22)/b18-9-. The third-order valence-electron chi connectivity index (χ3n) is 2.77. The number of phenols is 2. The number of hydrogen-bond acceptors (Lipinski definition) is 6. The van der Waals surface area contributed by atoms with E-state index in [1.807, 2.05) is 6.07 Å². The molecule has 0 unspecified atom stereocenters. The third-order valence-corrected chi connectivity index (χ3v) is 2.77. The molecule has 0 heterocycles. The lowest BCUT2D eigenvalue weighted by atomic mass is 10.2. The van der Waals surface area contributed by atoms with E-state index in [1.165, 1.54) is 18.3 Å². The lowest BCUT2D eigenvalue weighted by Gasteiger charge is -2.06. The van der Waals surface area contributed by atoms with Gasteiger partial charge in [-0.05, 0) is 24.3 Å². The number of carbonyl (C=O) groups is 1. The van der Waals surface area contributed by atoms with Gasteiger partial charge in [-0.3, -0.25) is 4.79 Å². The second-order valence-corrected chi connectivity index (χ2v) is 4.43. The number of phenolic OH excluding ortho intramolecular Hbond substituents is 2. The Morgan fingerprint density at radius 2 is 2.09 bits per heavy atom. The van der Waals surface area contributed by atoms with Crippen LogP contribution in [0.25, 0.3) is 0 Å². The molecule has 0 fully saturated rings. The number of para-hydroxylation sites is 1. The Balaban J connectivity index is 1.88. The Labute approximate surface area is 132 Å². The number of nitriles is 1. The van der Waals surface area contributed by atoms with Gasteiger partial charge in [-0.25, -0.2) is 5.43 Å². The van der Waals surface area contributed by atoms with E-state index >= 15 is 0 Å². The summed E-state index contributed by atoms with van der Waals surface area (Å²) in [6, 6.07) is 12.5. The van der Waals surface area contributed by atoms with Gasteiger partial charge in [-0.2, -0.15) is 10.4 Å². The Hall–Kier alpha value is -3.53. The first-order valence-electron chi connectivity index (χ1n) is 6.56. The highest BCUT2D eigenvalue weighted by molar-refractivity contribution is 5.85. The van der Waals surface area contributed by atoms with Crippen molar-refractivity contribution in [3.05, 3.63) is 53.6 Å². The SMILES string of the molecule is N#Cc1ccccc1OCC(=O)N/N=C\c1ccc(O)cc1O. The number of nitrogens with zero attached hydrogens (tertiary/aromatic N) is 2. The first-order chi connectivity index (χ1) is 11.1. The number of hydrogen-bond donors (Lipinski definition) is 3. The summed E-state index contributed by atoms with van der Waals surface area (Å²) in [5.74, 6) is -0.451. The number of nitrogens with one attached hydrogen (secondary N) is 1. The summed E-state index contributed by atoms with van der Waals surface area (Å²) in [6.45, 7) is -0.308. The van der Waals surface area contributed by atoms with Crippen LogP contribution in [0.1, 0.15) is 11.1 Å². The number of aromatic hydroxyl groups is 2. The van der Waals surface area contributed by atoms with Crippen LogP contribution in [0.3, 0.4) is 0 Å². The smallest absolute Gasteiger partial charge is 0.277 e. The van der Waals surface area contributed by atoms with Crippen molar-refractivity contribution in [3.63, 3.8) is 0 Å². The summed E-state index contributed by atoms with van der Waals surface area (Å²) in [5.41, 5.74) is 2.89. The molecule has 0 aromatic heterocycles. The van der Waals surface area contributed by atoms with Gasteiger partial charge in [0.15, 0.2) is 6.61 Å². The fourth-order valence-corrected chi connectivity index (χ4v) is 1.68. The van der Waals surface area contributed by atoms with Crippen molar-refractivity contribution in [2.75, 3.05) is 6.61 Å². The van der Waals surface area contributed by atoms with Crippen LogP contribution in [0.2, 0.25) is 0 Å². The largest absolute Gasteiger partial charge is 0.508 e. The predicted octanol–water partition coefficient (Wildman–Crippen LogP) is 1.50. The number of rotatable bonds is 5. The van der Waals surface area contributed by atoms with Gasteiger partial charge >= 0.3 is 0 Å². The highest BCUT2D eigenvalue weighted by Gasteiger charge is 2.05. The van der Waals surface area contributed by atoms with Crippen LogP contribution >= 0.6 is 0 Å². The molecule has 23 heavy (non-hydrogen) atoms. The van der Waals surface area contributed by atoms with Gasteiger partial charge < -0.3 is 14.9 Å². The number of carbonyl (C=O) groups excluding carboxylic acids is 1. The third kappa shape index (κ3) is 4.47. The van der Waals surface area contributed by atoms with Crippen LogP contribution < -0.4 is 10.2 Å². The van der Waals surface area contributed by atoms with E-state index in [-0.39, 0.29) is 18.1 Å². The molecule has 0 saturated carbocycles. The van der Waals surface area contributed by atoms with Crippen molar-refractivity contribution in [1.82, 2.24) is 5.43 Å². The molecule has 0 radical (unpaired) electrons. The second kappa shape index (κ2) is 7.47. The Bertz CT molecular complexity index is 781. The van der Waals surface area contributed by atoms with E-state index in [2.05, 4.69) is 10.5 Å². The van der Waals surface area contributed by atoms with Gasteiger partial charge in [0.2, 0.25) is 0 Å². The molecule has 0 aliphatic heterocycles. The van der Waals surface area contributed by atoms with E-state index in [1.54, 1.807) is 24.3 Å². The van der Waals surface area contributed by atoms with Crippen molar-refractivity contribution in [3.8, 4) is 23.3 Å². The fourth-order valence-electron chi connectivity index (χ4n) is 1.68. The average Bonchev–Trinajstić information content (AvgIpc) is 2.55. The van der Waals surface area contributed by atoms with Gasteiger partial charge in [0.1, 0.15) is 23.3 Å². The molecule has 0 saturated heterocycles. The molecular weight excluding hydrogens is 298 g/mol. The van der Waals surface area contributed by atoms with Crippen molar-refractivity contribution in [1.29, 1.82) is 5.26 Å². The summed E-state index contributed by atoms with van der Waals surface area (Å²) in [7, 11) is 0. The van der Waals surface area contributed by atoms with Crippen molar-refractivity contribution >= 4 is 12.1 Å². The molecule has 0 aliphatic rings. The van der Waals surface area contributed by atoms with Crippen LogP contribution in [0, 0.1) is 11.3 Å². The van der Waals surface area contributed by atoms with Crippen molar-refractivity contribution < 1.29 is 19.7 Å². The normalized spacial score (nSPS) is 10.2. The van der Waals surface area contributed by atoms with E-state index in [4.69, 9.17) is 15.1 Å². The summed E-state index contributed by atoms with van der Waals surface area (Å²) < 4.78 is 5.24. The van der Waals surface area contributed by atoms with Gasteiger partial charge in [-0.1, -0.05) is 12.1 Å². The van der Waals surface area contributed by atoms with Gasteiger partial charge in [0.25, 0.3) is 5.91 Å². The van der Waals surface area contributed by atoms with Crippen LogP contribution in [-0.4, -0.2) is 28.9 Å². The first kappa shape index (κ1) is 15.9. The van der Waals surface area contributed by atoms with E-state index in [0.717, 1.165) is 6.07 Å². The van der Waals surface area contributed by atoms with Crippen LogP contribution in [-0.2, 0) is 4.79 Å². The molecule has 7 heteroatoms.